The van der Waals surface area contributed by atoms with E-state index in [1.165, 1.54) is 23.9 Å². The highest BCUT2D eigenvalue weighted by molar-refractivity contribution is 7.99. The maximum atomic E-state index is 13.3. The second-order valence-corrected chi connectivity index (χ2v) is 8.79. The molecule has 0 spiro atoms. The van der Waals surface area contributed by atoms with E-state index in [0.717, 1.165) is 17.4 Å². The average Bonchev–Trinajstić information content (AvgIpc) is 3.02. The number of nitrogens with zero attached hydrogens (tertiary/aromatic N) is 3. The van der Waals surface area contributed by atoms with Gasteiger partial charge in [-0.05, 0) is 29.8 Å². The van der Waals surface area contributed by atoms with Crippen LogP contribution in [0.15, 0.2) is 59.8 Å². The van der Waals surface area contributed by atoms with Gasteiger partial charge in [-0.1, -0.05) is 42.1 Å². The van der Waals surface area contributed by atoms with E-state index in [4.69, 9.17) is 0 Å². The summed E-state index contributed by atoms with van der Waals surface area (Å²) in [5.74, 6) is 0.843. The standard InChI is InChI=1S/C18H19FN4O2S2/c1-27(24,25)20-11-12-26-18-22-21-17(15-7-9-16(19)10-8-15)23(18)13-14-5-3-2-4-6-14/h2-10,20H,11-13H2,1H3. The van der Waals surface area contributed by atoms with Crippen LogP contribution >= 0.6 is 11.8 Å². The Morgan fingerprint density at radius 2 is 1.78 bits per heavy atom. The SMILES string of the molecule is CS(=O)(=O)NCCSc1nnc(-c2ccc(F)cc2)n1Cc1ccccc1. The van der Waals surface area contributed by atoms with Crippen LogP contribution in [0.1, 0.15) is 5.56 Å². The number of halogens is 1. The van der Waals surface area contributed by atoms with Gasteiger partial charge in [-0.15, -0.1) is 10.2 Å². The molecule has 0 aliphatic carbocycles. The summed E-state index contributed by atoms with van der Waals surface area (Å²) >= 11 is 1.41. The van der Waals surface area contributed by atoms with E-state index >= 15 is 0 Å². The Morgan fingerprint density at radius 1 is 1.07 bits per heavy atom. The highest BCUT2D eigenvalue weighted by Crippen LogP contribution is 2.25. The fourth-order valence-corrected chi connectivity index (χ4v) is 3.88. The molecule has 0 saturated carbocycles. The van der Waals surface area contributed by atoms with Crippen LogP contribution in [0.2, 0.25) is 0 Å². The molecule has 142 valence electrons. The molecule has 3 aromatic rings. The van der Waals surface area contributed by atoms with Crippen LogP contribution in [0.3, 0.4) is 0 Å². The predicted octanol–water partition coefficient (Wildman–Crippen LogP) is 2.77. The Morgan fingerprint density at radius 3 is 2.44 bits per heavy atom. The lowest BCUT2D eigenvalue weighted by molar-refractivity contribution is 0.590. The zero-order valence-corrected chi connectivity index (χ0v) is 16.3. The van der Waals surface area contributed by atoms with E-state index in [-0.39, 0.29) is 5.82 Å². The van der Waals surface area contributed by atoms with Crippen molar-refractivity contribution in [3.63, 3.8) is 0 Å². The molecule has 0 saturated heterocycles. The fourth-order valence-electron chi connectivity index (χ4n) is 2.49. The highest BCUT2D eigenvalue weighted by Gasteiger charge is 2.15. The smallest absolute Gasteiger partial charge is 0.208 e. The summed E-state index contributed by atoms with van der Waals surface area (Å²) in [6.45, 7) is 0.857. The Hall–Kier alpha value is -2.23. The lowest BCUT2D eigenvalue weighted by atomic mass is 10.2. The molecule has 6 nitrogen and oxygen atoms in total. The average molecular weight is 407 g/mol. The van der Waals surface area contributed by atoms with Gasteiger partial charge in [-0.3, -0.25) is 4.57 Å². The summed E-state index contributed by atoms with van der Waals surface area (Å²) in [4.78, 5) is 0. The van der Waals surface area contributed by atoms with E-state index in [9.17, 15) is 12.8 Å². The molecule has 0 aliphatic rings. The number of hydrogen-bond acceptors (Lipinski definition) is 5. The molecule has 1 heterocycles. The molecule has 2 aromatic carbocycles. The van der Waals surface area contributed by atoms with Crippen molar-refractivity contribution in [1.29, 1.82) is 0 Å². The molecule has 0 radical (unpaired) electrons. The number of hydrogen-bond donors (Lipinski definition) is 1. The topological polar surface area (TPSA) is 76.9 Å². The number of thioether (sulfide) groups is 1. The van der Waals surface area contributed by atoms with Crippen LogP contribution in [-0.2, 0) is 16.6 Å². The third kappa shape index (κ3) is 5.62. The third-order valence-electron chi connectivity index (χ3n) is 3.70. The number of rotatable bonds is 8. The molecule has 0 aliphatic heterocycles. The van der Waals surface area contributed by atoms with E-state index < -0.39 is 10.0 Å². The van der Waals surface area contributed by atoms with Crippen molar-refractivity contribution < 1.29 is 12.8 Å². The van der Waals surface area contributed by atoms with Gasteiger partial charge in [0.1, 0.15) is 5.82 Å². The van der Waals surface area contributed by atoms with Crippen molar-refractivity contribution in [3.8, 4) is 11.4 Å². The molecule has 1 N–H and O–H groups in total. The van der Waals surface area contributed by atoms with Crippen LogP contribution in [0.25, 0.3) is 11.4 Å². The van der Waals surface area contributed by atoms with Gasteiger partial charge >= 0.3 is 0 Å². The summed E-state index contributed by atoms with van der Waals surface area (Å²) in [6, 6.07) is 16.0. The van der Waals surface area contributed by atoms with Crippen LogP contribution in [0, 0.1) is 5.82 Å². The Kier molecular flexibility index (Phi) is 6.25. The summed E-state index contributed by atoms with van der Waals surface area (Å²) in [7, 11) is -3.22. The monoisotopic (exact) mass is 406 g/mol. The number of aromatic nitrogens is 3. The first kappa shape index (κ1) is 19.5. The molecular weight excluding hydrogens is 387 g/mol. The molecule has 3 rings (SSSR count). The number of sulfonamides is 1. The van der Waals surface area contributed by atoms with E-state index in [0.29, 0.717) is 29.8 Å². The maximum absolute atomic E-state index is 13.3. The Balaban J connectivity index is 1.85. The second kappa shape index (κ2) is 8.64. The van der Waals surface area contributed by atoms with Crippen molar-refractivity contribution in [1.82, 2.24) is 19.5 Å². The maximum Gasteiger partial charge on any atom is 0.208 e. The summed E-state index contributed by atoms with van der Waals surface area (Å²) in [6.07, 6.45) is 1.13. The molecule has 9 heteroatoms. The Labute approximate surface area is 161 Å². The zero-order chi connectivity index (χ0) is 19.3. The second-order valence-electron chi connectivity index (χ2n) is 5.90. The zero-order valence-electron chi connectivity index (χ0n) is 14.7. The molecule has 1 aromatic heterocycles. The third-order valence-corrected chi connectivity index (χ3v) is 5.40. The normalized spacial score (nSPS) is 11.6. The molecule has 0 unspecified atom stereocenters. The first-order valence-electron chi connectivity index (χ1n) is 8.23. The highest BCUT2D eigenvalue weighted by atomic mass is 32.2. The quantitative estimate of drug-likeness (QED) is 0.460. The van der Waals surface area contributed by atoms with Gasteiger partial charge < -0.3 is 0 Å². The first-order chi connectivity index (χ1) is 12.9. The lowest BCUT2D eigenvalue weighted by Gasteiger charge is -2.10. The van der Waals surface area contributed by atoms with Gasteiger partial charge in [0, 0.05) is 17.9 Å². The van der Waals surface area contributed by atoms with Gasteiger partial charge in [-0.2, -0.15) is 0 Å². The van der Waals surface area contributed by atoms with Gasteiger partial charge in [-0.25, -0.2) is 17.5 Å². The lowest BCUT2D eigenvalue weighted by Crippen LogP contribution is -2.24. The minimum absolute atomic E-state index is 0.299. The van der Waals surface area contributed by atoms with Crippen LogP contribution in [-0.4, -0.2) is 41.7 Å². The molecule has 0 amide bonds. The summed E-state index contributed by atoms with van der Waals surface area (Å²) in [5.41, 5.74) is 1.85. The molecule has 0 bridgehead atoms. The van der Waals surface area contributed by atoms with Crippen molar-refractivity contribution in [2.75, 3.05) is 18.6 Å². The van der Waals surface area contributed by atoms with Crippen molar-refractivity contribution in [2.45, 2.75) is 11.7 Å². The van der Waals surface area contributed by atoms with Gasteiger partial charge in [0.05, 0.1) is 12.8 Å². The Bertz CT molecular complexity index is 990. The predicted molar refractivity (Wildman–Crippen MR) is 105 cm³/mol. The van der Waals surface area contributed by atoms with Crippen LogP contribution in [0.4, 0.5) is 4.39 Å². The van der Waals surface area contributed by atoms with E-state index in [1.54, 1.807) is 12.1 Å². The fraction of sp³-hybridized carbons (Fsp3) is 0.222. The van der Waals surface area contributed by atoms with Gasteiger partial charge in [0.25, 0.3) is 0 Å². The molecule has 0 fully saturated rings. The molecule has 0 atom stereocenters. The van der Waals surface area contributed by atoms with Crippen LogP contribution < -0.4 is 4.72 Å². The summed E-state index contributed by atoms with van der Waals surface area (Å²) < 4.78 is 40.0. The van der Waals surface area contributed by atoms with Crippen molar-refractivity contribution in [2.24, 2.45) is 0 Å². The van der Waals surface area contributed by atoms with Crippen LogP contribution in [0.5, 0.6) is 0 Å². The van der Waals surface area contributed by atoms with Crippen molar-refractivity contribution in [3.05, 3.63) is 66.0 Å². The first-order valence-corrected chi connectivity index (χ1v) is 11.1. The minimum atomic E-state index is -3.22. The van der Waals surface area contributed by atoms with Gasteiger partial charge in [0.15, 0.2) is 11.0 Å². The molecular formula is C18H19FN4O2S2. The number of benzene rings is 2. The summed E-state index contributed by atoms with van der Waals surface area (Å²) in [5, 5.41) is 9.20. The largest absolute Gasteiger partial charge is 0.298 e. The van der Waals surface area contributed by atoms with Crippen molar-refractivity contribution >= 4 is 21.8 Å². The van der Waals surface area contributed by atoms with Gasteiger partial charge in [0.2, 0.25) is 10.0 Å². The van der Waals surface area contributed by atoms with E-state index in [1.807, 2.05) is 34.9 Å². The van der Waals surface area contributed by atoms with E-state index in [2.05, 4.69) is 14.9 Å². The number of nitrogens with one attached hydrogen (secondary N) is 1. The molecule has 27 heavy (non-hydrogen) atoms. The minimum Gasteiger partial charge on any atom is -0.298 e.